The summed E-state index contributed by atoms with van der Waals surface area (Å²) >= 11 is 11.9. The average Bonchev–Trinajstić information content (AvgIpc) is 3.31. The number of hydrogen-bond acceptors (Lipinski definition) is 4. The van der Waals surface area contributed by atoms with E-state index in [1.165, 1.54) is 24.3 Å². The van der Waals surface area contributed by atoms with Crippen LogP contribution in [0.5, 0.6) is 0 Å². The fourth-order valence-electron chi connectivity index (χ4n) is 4.10. The molecule has 0 spiro atoms. The van der Waals surface area contributed by atoms with Crippen molar-refractivity contribution in [3.8, 4) is 0 Å². The van der Waals surface area contributed by atoms with Crippen molar-refractivity contribution in [2.75, 3.05) is 13.1 Å². The van der Waals surface area contributed by atoms with Crippen LogP contribution in [0, 0.1) is 0 Å². The van der Waals surface area contributed by atoms with E-state index in [1.807, 2.05) is 0 Å². The third kappa shape index (κ3) is 6.06. The molecule has 1 atom stereocenters. The first-order chi connectivity index (χ1) is 18.2. The van der Waals surface area contributed by atoms with Gasteiger partial charge in [-0.2, -0.15) is 26.3 Å². The minimum atomic E-state index is -4.91. The highest BCUT2D eigenvalue weighted by molar-refractivity contribution is 6.34. The first kappa shape index (κ1) is 28.5. The molecule has 0 saturated carbocycles. The van der Waals surface area contributed by atoms with E-state index in [1.54, 1.807) is 23.5 Å². The van der Waals surface area contributed by atoms with Crippen molar-refractivity contribution in [2.45, 2.75) is 24.4 Å². The van der Waals surface area contributed by atoms with E-state index in [0.29, 0.717) is 10.8 Å². The molecule has 206 valence electrons. The van der Waals surface area contributed by atoms with Gasteiger partial charge in [-0.05, 0) is 35.0 Å². The molecule has 0 aromatic heterocycles. The second-order valence-corrected chi connectivity index (χ2v) is 9.44. The van der Waals surface area contributed by atoms with Crippen LogP contribution >= 0.6 is 23.2 Å². The smallest absolute Gasteiger partial charge is 0.374 e. The van der Waals surface area contributed by atoms with Crippen molar-refractivity contribution in [3.63, 3.8) is 0 Å². The van der Waals surface area contributed by atoms with Crippen LogP contribution in [-0.4, -0.2) is 43.0 Å². The molecule has 3 aromatic rings. The lowest BCUT2D eigenvalue weighted by Crippen LogP contribution is -2.42. The molecule has 1 aliphatic heterocycles. The Morgan fingerprint density at radius 2 is 1.56 bits per heavy atom. The van der Waals surface area contributed by atoms with Crippen LogP contribution in [0.2, 0.25) is 10.0 Å². The standard InChI is InChI=1S/C25H17Cl2F6N3O3/c26-14-7-13(8-15(27)9-14)23(25(31,32)33)10-20(36-39-23)18-5-6-19(17-4-2-1-3-16(17)18)22(38)34-11-21(37)35-12-24(28,29)30/h1-9H,10-12H2,(H,34,38)(H,35,37)/t23-/m0/s1. The Morgan fingerprint density at radius 3 is 2.18 bits per heavy atom. The van der Waals surface area contributed by atoms with Crippen molar-refractivity contribution in [3.05, 3.63) is 81.3 Å². The molecule has 39 heavy (non-hydrogen) atoms. The van der Waals surface area contributed by atoms with Crippen molar-refractivity contribution >= 4 is 51.5 Å². The quantitative estimate of drug-likeness (QED) is 0.338. The predicted molar refractivity (Wildman–Crippen MR) is 132 cm³/mol. The third-order valence-corrected chi connectivity index (χ3v) is 6.33. The van der Waals surface area contributed by atoms with Gasteiger partial charge in [0.15, 0.2) is 0 Å². The Bertz CT molecular complexity index is 1460. The molecule has 0 bridgehead atoms. The summed E-state index contributed by atoms with van der Waals surface area (Å²) in [7, 11) is 0. The number of hydrogen-bond donors (Lipinski definition) is 2. The number of benzene rings is 3. The van der Waals surface area contributed by atoms with Gasteiger partial charge in [0.2, 0.25) is 5.91 Å². The monoisotopic (exact) mass is 591 g/mol. The van der Waals surface area contributed by atoms with Crippen LogP contribution in [0.3, 0.4) is 0 Å². The molecule has 6 nitrogen and oxygen atoms in total. The number of oxime groups is 1. The summed E-state index contributed by atoms with van der Waals surface area (Å²) in [6, 6.07) is 12.4. The van der Waals surface area contributed by atoms with Crippen molar-refractivity contribution < 1.29 is 40.8 Å². The number of rotatable bonds is 6. The second kappa shape index (κ2) is 10.6. The van der Waals surface area contributed by atoms with E-state index in [4.69, 9.17) is 28.0 Å². The minimum Gasteiger partial charge on any atom is -0.374 e. The predicted octanol–water partition coefficient (Wildman–Crippen LogP) is 6.14. The zero-order valence-corrected chi connectivity index (χ0v) is 21.0. The second-order valence-electron chi connectivity index (χ2n) is 8.57. The van der Waals surface area contributed by atoms with E-state index in [0.717, 1.165) is 12.1 Å². The van der Waals surface area contributed by atoms with Crippen molar-refractivity contribution in [2.24, 2.45) is 5.16 Å². The molecule has 2 amide bonds. The van der Waals surface area contributed by atoms with Crippen molar-refractivity contribution in [1.29, 1.82) is 0 Å². The topological polar surface area (TPSA) is 79.8 Å². The fraction of sp³-hybridized carbons (Fsp3) is 0.240. The molecule has 1 heterocycles. The average molecular weight is 592 g/mol. The number of nitrogens with zero attached hydrogens (tertiary/aromatic N) is 1. The van der Waals surface area contributed by atoms with E-state index in [9.17, 15) is 35.9 Å². The van der Waals surface area contributed by atoms with Gasteiger partial charge in [0.25, 0.3) is 11.5 Å². The Kier molecular flexibility index (Phi) is 7.72. The summed E-state index contributed by atoms with van der Waals surface area (Å²) in [5.41, 5.74) is -2.96. The first-order valence-corrected chi connectivity index (χ1v) is 11.9. The Labute approximate surface area is 226 Å². The number of alkyl halides is 6. The van der Waals surface area contributed by atoms with E-state index >= 15 is 0 Å². The third-order valence-electron chi connectivity index (χ3n) is 5.89. The summed E-state index contributed by atoms with van der Waals surface area (Å²) < 4.78 is 79.9. The summed E-state index contributed by atoms with van der Waals surface area (Å²) in [5.74, 6) is -1.83. The van der Waals surface area contributed by atoms with Crippen LogP contribution in [0.4, 0.5) is 26.3 Å². The Morgan fingerprint density at radius 1 is 0.923 bits per heavy atom. The number of carbonyl (C=O) groups excluding carboxylic acids is 2. The number of fused-ring (bicyclic) bond motifs is 1. The Hall–Kier alpha value is -3.51. The van der Waals surface area contributed by atoms with Gasteiger partial charge in [-0.15, -0.1) is 0 Å². The normalized spacial score (nSPS) is 17.5. The highest BCUT2D eigenvalue weighted by Gasteiger charge is 2.62. The van der Waals surface area contributed by atoms with Crippen LogP contribution < -0.4 is 10.6 Å². The zero-order chi connectivity index (χ0) is 28.6. The maximum Gasteiger partial charge on any atom is 0.435 e. The zero-order valence-electron chi connectivity index (χ0n) is 19.5. The van der Waals surface area contributed by atoms with Gasteiger partial charge in [0, 0.05) is 33.2 Å². The molecule has 1 aliphatic rings. The molecule has 0 radical (unpaired) electrons. The molecule has 0 fully saturated rings. The van der Waals surface area contributed by atoms with E-state index in [2.05, 4.69) is 10.5 Å². The molecule has 4 rings (SSSR count). The highest BCUT2D eigenvalue weighted by atomic mass is 35.5. The van der Waals surface area contributed by atoms with Gasteiger partial charge in [-0.25, -0.2) is 0 Å². The number of amides is 2. The number of halogens is 8. The first-order valence-electron chi connectivity index (χ1n) is 11.1. The molecule has 0 unspecified atom stereocenters. The van der Waals surface area contributed by atoms with Crippen LogP contribution in [0.1, 0.15) is 27.9 Å². The SMILES string of the molecule is O=C(CNC(=O)c1ccc(C2=NO[C@@](c3cc(Cl)cc(Cl)c3)(C(F)(F)F)C2)c2ccccc12)NCC(F)(F)F. The summed E-state index contributed by atoms with van der Waals surface area (Å²) in [6.45, 7) is -2.27. The van der Waals surface area contributed by atoms with Gasteiger partial charge in [0.05, 0.1) is 12.3 Å². The summed E-state index contributed by atoms with van der Waals surface area (Å²) in [6.07, 6.45) is -10.2. The molecular formula is C25H17Cl2F6N3O3. The molecule has 0 saturated heterocycles. The fourth-order valence-corrected chi connectivity index (χ4v) is 4.63. The molecule has 0 aliphatic carbocycles. The lowest BCUT2D eigenvalue weighted by atomic mass is 9.85. The lowest BCUT2D eigenvalue weighted by Gasteiger charge is -2.29. The number of carbonyl (C=O) groups is 2. The molecular weight excluding hydrogens is 575 g/mol. The van der Waals surface area contributed by atoms with E-state index in [-0.39, 0.29) is 32.4 Å². The maximum atomic E-state index is 14.4. The summed E-state index contributed by atoms with van der Waals surface area (Å²) in [5, 5.41) is 8.24. The van der Waals surface area contributed by atoms with Gasteiger partial charge < -0.3 is 15.5 Å². The van der Waals surface area contributed by atoms with Crippen LogP contribution in [-0.2, 0) is 15.2 Å². The van der Waals surface area contributed by atoms with Crippen LogP contribution in [0.15, 0.2) is 59.8 Å². The molecule has 14 heteroatoms. The summed E-state index contributed by atoms with van der Waals surface area (Å²) in [4.78, 5) is 29.4. The highest BCUT2D eigenvalue weighted by Crippen LogP contribution is 2.50. The minimum absolute atomic E-state index is 0.0222. The Balaban J connectivity index is 1.62. The molecule has 3 aromatic carbocycles. The van der Waals surface area contributed by atoms with E-state index < -0.39 is 49.3 Å². The lowest BCUT2D eigenvalue weighted by molar-refractivity contribution is -0.275. The van der Waals surface area contributed by atoms with Gasteiger partial charge in [-0.1, -0.05) is 58.7 Å². The van der Waals surface area contributed by atoms with Crippen LogP contribution in [0.25, 0.3) is 10.8 Å². The molecule has 2 N–H and O–H groups in total. The largest absolute Gasteiger partial charge is 0.435 e. The number of nitrogens with one attached hydrogen (secondary N) is 2. The van der Waals surface area contributed by atoms with Gasteiger partial charge in [0.1, 0.15) is 6.54 Å². The van der Waals surface area contributed by atoms with Crippen molar-refractivity contribution in [1.82, 2.24) is 10.6 Å². The van der Waals surface area contributed by atoms with Gasteiger partial charge in [-0.3, -0.25) is 9.59 Å². The maximum absolute atomic E-state index is 14.4. The van der Waals surface area contributed by atoms with Gasteiger partial charge >= 0.3 is 12.4 Å².